The molecule has 1 atom stereocenters. The first-order valence-electron chi connectivity index (χ1n) is 7.81. The number of ether oxygens (including phenoxy) is 1. The molecule has 1 amide bonds. The lowest BCUT2D eigenvalue weighted by atomic mass is 10.1. The first kappa shape index (κ1) is 16.3. The van der Waals surface area contributed by atoms with Crippen LogP contribution in [0.4, 0.5) is 0 Å². The van der Waals surface area contributed by atoms with Crippen LogP contribution in [0.3, 0.4) is 0 Å². The van der Waals surface area contributed by atoms with Crippen molar-refractivity contribution in [1.29, 1.82) is 0 Å². The second-order valence-corrected chi connectivity index (χ2v) is 6.28. The predicted octanol–water partition coefficient (Wildman–Crippen LogP) is 3.85. The summed E-state index contributed by atoms with van der Waals surface area (Å²) < 4.78 is 7.40. The van der Waals surface area contributed by atoms with Gasteiger partial charge in [-0.05, 0) is 40.6 Å². The fourth-order valence-corrected chi connectivity index (χ4v) is 3.41. The summed E-state index contributed by atoms with van der Waals surface area (Å²) in [6.07, 6.45) is 4.40. The van der Waals surface area contributed by atoms with Crippen LogP contribution in [-0.4, -0.2) is 17.6 Å². The molecular formula is C19H20N2O2S. The highest BCUT2D eigenvalue weighted by Gasteiger charge is 2.17. The maximum atomic E-state index is 12.5. The van der Waals surface area contributed by atoms with E-state index in [0.717, 1.165) is 16.9 Å². The van der Waals surface area contributed by atoms with Crippen molar-refractivity contribution in [2.24, 2.45) is 0 Å². The topological polar surface area (TPSA) is 43.3 Å². The number of rotatable bonds is 7. The molecular weight excluding hydrogens is 320 g/mol. The highest BCUT2D eigenvalue weighted by molar-refractivity contribution is 7.08. The van der Waals surface area contributed by atoms with Gasteiger partial charge in [0.05, 0.1) is 19.6 Å². The van der Waals surface area contributed by atoms with E-state index in [4.69, 9.17) is 4.74 Å². The van der Waals surface area contributed by atoms with Gasteiger partial charge in [0.15, 0.2) is 0 Å². The monoisotopic (exact) mass is 340 g/mol. The van der Waals surface area contributed by atoms with Crippen molar-refractivity contribution in [3.05, 3.63) is 76.7 Å². The van der Waals surface area contributed by atoms with Crippen molar-refractivity contribution in [3.63, 3.8) is 0 Å². The molecule has 0 saturated heterocycles. The lowest BCUT2D eigenvalue weighted by Gasteiger charge is -2.18. The zero-order valence-corrected chi connectivity index (χ0v) is 14.3. The Morgan fingerprint density at radius 2 is 2.00 bits per heavy atom. The number of nitrogens with one attached hydrogen (secondary N) is 1. The zero-order valence-electron chi connectivity index (χ0n) is 13.5. The number of carbonyl (C=O) groups is 1. The van der Waals surface area contributed by atoms with Gasteiger partial charge in [-0.15, -0.1) is 0 Å². The molecule has 2 heterocycles. The van der Waals surface area contributed by atoms with Crippen molar-refractivity contribution in [1.82, 2.24) is 9.88 Å². The average Bonchev–Trinajstić information content (AvgIpc) is 3.31. The Labute approximate surface area is 145 Å². The van der Waals surface area contributed by atoms with Gasteiger partial charge in [0.1, 0.15) is 5.75 Å². The molecule has 0 saturated carbocycles. The maximum absolute atomic E-state index is 12.5. The number of nitrogens with zero attached hydrogens (tertiary/aromatic N) is 1. The van der Waals surface area contributed by atoms with Gasteiger partial charge in [-0.1, -0.05) is 18.2 Å². The molecule has 5 heteroatoms. The standard InChI is InChI=1S/C19H20N2O2S/c1-23-18-7-3-2-6-15(18)13-20-19(22)12-17(16-8-11-24-14-16)21-9-4-5-10-21/h2-11,14,17H,12-13H2,1H3,(H,20,22). The number of methoxy groups -OCH3 is 1. The number of benzene rings is 1. The summed E-state index contributed by atoms with van der Waals surface area (Å²) in [5, 5.41) is 7.13. The number of para-hydroxylation sites is 1. The van der Waals surface area contributed by atoms with Crippen LogP contribution in [-0.2, 0) is 11.3 Å². The minimum atomic E-state index is 0.0175. The van der Waals surface area contributed by atoms with E-state index in [2.05, 4.69) is 21.3 Å². The van der Waals surface area contributed by atoms with Crippen LogP contribution in [0.5, 0.6) is 5.75 Å². The predicted molar refractivity (Wildman–Crippen MR) is 96.3 cm³/mol. The second kappa shape index (κ2) is 7.84. The van der Waals surface area contributed by atoms with Crippen LogP contribution in [0, 0.1) is 0 Å². The fraction of sp³-hybridized carbons (Fsp3) is 0.211. The molecule has 1 N–H and O–H groups in total. The molecule has 1 unspecified atom stereocenters. The van der Waals surface area contributed by atoms with Crippen molar-refractivity contribution in [2.75, 3.05) is 7.11 Å². The molecule has 24 heavy (non-hydrogen) atoms. The molecule has 0 aliphatic heterocycles. The number of hydrogen-bond acceptors (Lipinski definition) is 3. The Morgan fingerprint density at radius 1 is 1.21 bits per heavy atom. The van der Waals surface area contributed by atoms with E-state index in [1.807, 2.05) is 54.2 Å². The molecule has 0 aliphatic carbocycles. The van der Waals surface area contributed by atoms with Crippen molar-refractivity contribution in [2.45, 2.75) is 19.0 Å². The van der Waals surface area contributed by atoms with E-state index in [0.29, 0.717) is 13.0 Å². The maximum Gasteiger partial charge on any atom is 0.222 e. The fourth-order valence-electron chi connectivity index (χ4n) is 2.71. The minimum Gasteiger partial charge on any atom is -0.496 e. The Morgan fingerprint density at radius 3 is 2.71 bits per heavy atom. The van der Waals surface area contributed by atoms with Gasteiger partial charge in [0.25, 0.3) is 0 Å². The zero-order chi connectivity index (χ0) is 16.8. The van der Waals surface area contributed by atoms with E-state index < -0.39 is 0 Å². The Balaban J connectivity index is 1.66. The van der Waals surface area contributed by atoms with Gasteiger partial charge in [-0.3, -0.25) is 4.79 Å². The summed E-state index contributed by atoms with van der Waals surface area (Å²) in [5.74, 6) is 0.809. The Kier molecular flexibility index (Phi) is 5.33. The summed E-state index contributed by atoms with van der Waals surface area (Å²) in [4.78, 5) is 12.5. The first-order chi connectivity index (χ1) is 11.8. The van der Waals surface area contributed by atoms with Crippen LogP contribution in [0.25, 0.3) is 0 Å². The normalized spacial score (nSPS) is 11.9. The summed E-state index contributed by atoms with van der Waals surface area (Å²) in [6.45, 7) is 0.463. The molecule has 1 aromatic carbocycles. The third-order valence-electron chi connectivity index (χ3n) is 3.96. The van der Waals surface area contributed by atoms with Gasteiger partial charge in [0, 0.05) is 24.5 Å². The lowest BCUT2D eigenvalue weighted by Crippen LogP contribution is -2.26. The molecule has 0 spiro atoms. The molecule has 2 aromatic heterocycles. The van der Waals surface area contributed by atoms with E-state index in [9.17, 15) is 4.79 Å². The van der Waals surface area contributed by atoms with Crippen LogP contribution in [0.1, 0.15) is 23.6 Å². The largest absolute Gasteiger partial charge is 0.496 e. The van der Waals surface area contributed by atoms with Gasteiger partial charge in [-0.2, -0.15) is 11.3 Å². The van der Waals surface area contributed by atoms with Crippen molar-refractivity contribution < 1.29 is 9.53 Å². The van der Waals surface area contributed by atoms with Crippen LogP contribution in [0.15, 0.2) is 65.6 Å². The van der Waals surface area contributed by atoms with E-state index in [-0.39, 0.29) is 11.9 Å². The first-order valence-corrected chi connectivity index (χ1v) is 8.75. The van der Waals surface area contributed by atoms with Crippen molar-refractivity contribution in [3.8, 4) is 5.75 Å². The highest BCUT2D eigenvalue weighted by atomic mass is 32.1. The molecule has 4 nitrogen and oxygen atoms in total. The quantitative estimate of drug-likeness (QED) is 0.710. The molecule has 3 rings (SSSR count). The van der Waals surface area contributed by atoms with Crippen LogP contribution in [0.2, 0.25) is 0 Å². The minimum absolute atomic E-state index is 0.0175. The number of aromatic nitrogens is 1. The molecule has 124 valence electrons. The van der Waals surface area contributed by atoms with Gasteiger partial charge < -0.3 is 14.6 Å². The van der Waals surface area contributed by atoms with Gasteiger partial charge in [-0.25, -0.2) is 0 Å². The lowest BCUT2D eigenvalue weighted by molar-refractivity contribution is -0.121. The SMILES string of the molecule is COc1ccccc1CNC(=O)CC(c1ccsc1)n1cccc1. The number of carbonyl (C=O) groups excluding carboxylic acids is 1. The van der Waals surface area contributed by atoms with E-state index in [1.165, 1.54) is 0 Å². The molecule has 0 radical (unpaired) electrons. The van der Waals surface area contributed by atoms with Crippen LogP contribution < -0.4 is 10.1 Å². The summed E-state index contributed by atoms with van der Waals surface area (Å²) in [5.41, 5.74) is 2.13. The summed E-state index contributed by atoms with van der Waals surface area (Å²) >= 11 is 1.65. The number of thiophene rings is 1. The number of amides is 1. The molecule has 0 aliphatic rings. The molecule has 3 aromatic rings. The third kappa shape index (κ3) is 3.86. The summed E-state index contributed by atoms with van der Waals surface area (Å²) in [6, 6.07) is 13.8. The second-order valence-electron chi connectivity index (χ2n) is 5.50. The van der Waals surface area contributed by atoms with E-state index >= 15 is 0 Å². The van der Waals surface area contributed by atoms with Crippen molar-refractivity contribution >= 4 is 17.2 Å². The number of hydrogen-bond donors (Lipinski definition) is 1. The Hall–Kier alpha value is -2.53. The molecule has 0 fully saturated rings. The van der Waals surface area contributed by atoms with Gasteiger partial charge in [0.2, 0.25) is 5.91 Å². The smallest absolute Gasteiger partial charge is 0.222 e. The Bertz CT molecular complexity index is 732. The average molecular weight is 340 g/mol. The molecule has 0 bridgehead atoms. The van der Waals surface area contributed by atoms with E-state index in [1.54, 1.807) is 18.4 Å². The highest BCUT2D eigenvalue weighted by Crippen LogP contribution is 2.24. The van der Waals surface area contributed by atoms with Crippen LogP contribution >= 0.6 is 11.3 Å². The summed E-state index contributed by atoms with van der Waals surface area (Å²) in [7, 11) is 1.64. The van der Waals surface area contributed by atoms with Gasteiger partial charge >= 0.3 is 0 Å². The third-order valence-corrected chi connectivity index (χ3v) is 4.66.